The lowest BCUT2D eigenvalue weighted by molar-refractivity contribution is 0.0402. The van der Waals surface area contributed by atoms with Gasteiger partial charge in [-0.2, -0.15) is 0 Å². The van der Waals surface area contributed by atoms with Crippen LogP contribution < -0.4 is 10.9 Å². The first-order valence-electron chi connectivity index (χ1n) is 5.75. The summed E-state index contributed by atoms with van der Waals surface area (Å²) in [6.45, 7) is 3.34. The molecule has 2 heterocycles. The molecular formula is C11H15N3O4. The van der Waals surface area contributed by atoms with Crippen LogP contribution in [0.25, 0.3) is 0 Å². The molecule has 1 aromatic heterocycles. The van der Waals surface area contributed by atoms with Crippen molar-refractivity contribution in [1.82, 2.24) is 15.3 Å². The standard InChI is InChI=1S/C11H15N3O4/c1-2-18-9-6-17-5-8(9)14-11(16)7-3-13-10(15)4-12-7/h3-4,8-9H,2,5-6H2,1H3,(H,13,15)(H,14,16)/t8-,9-/m0/s1. The highest BCUT2D eigenvalue weighted by atomic mass is 16.5. The lowest BCUT2D eigenvalue weighted by Crippen LogP contribution is -2.44. The van der Waals surface area contributed by atoms with Gasteiger partial charge in [0.25, 0.3) is 11.5 Å². The summed E-state index contributed by atoms with van der Waals surface area (Å²) in [6, 6.07) is -0.189. The molecule has 1 amide bonds. The monoisotopic (exact) mass is 253 g/mol. The summed E-state index contributed by atoms with van der Waals surface area (Å²) in [6.07, 6.45) is 2.21. The summed E-state index contributed by atoms with van der Waals surface area (Å²) in [5, 5.41) is 2.78. The molecular weight excluding hydrogens is 238 g/mol. The minimum absolute atomic E-state index is 0.137. The van der Waals surface area contributed by atoms with Gasteiger partial charge in [-0.05, 0) is 6.92 Å². The molecule has 2 rings (SSSR count). The average molecular weight is 253 g/mol. The SMILES string of the molecule is CCO[C@H]1COC[C@@H]1NC(=O)c1c[nH]c(=O)cn1. The normalized spacial score (nSPS) is 22.9. The zero-order chi connectivity index (χ0) is 13.0. The maximum Gasteiger partial charge on any atom is 0.271 e. The van der Waals surface area contributed by atoms with Crippen LogP contribution in [0.1, 0.15) is 17.4 Å². The van der Waals surface area contributed by atoms with Crippen LogP contribution in [-0.2, 0) is 9.47 Å². The Labute approximate surface area is 104 Å². The minimum Gasteiger partial charge on any atom is -0.376 e. The van der Waals surface area contributed by atoms with Gasteiger partial charge in [-0.25, -0.2) is 4.98 Å². The molecule has 2 atom stereocenters. The molecule has 1 aromatic rings. The molecule has 0 spiro atoms. The molecule has 0 radical (unpaired) electrons. The Balaban J connectivity index is 1.98. The summed E-state index contributed by atoms with van der Waals surface area (Å²) in [5.74, 6) is -0.355. The van der Waals surface area contributed by atoms with Crippen molar-refractivity contribution in [2.24, 2.45) is 0 Å². The van der Waals surface area contributed by atoms with Crippen LogP contribution >= 0.6 is 0 Å². The third kappa shape index (κ3) is 2.93. The van der Waals surface area contributed by atoms with Gasteiger partial charge in [-0.3, -0.25) is 9.59 Å². The van der Waals surface area contributed by atoms with Gasteiger partial charge in [0.15, 0.2) is 0 Å². The van der Waals surface area contributed by atoms with E-state index in [2.05, 4.69) is 15.3 Å². The zero-order valence-electron chi connectivity index (χ0n) is 10.0. The first-order chi connectivity index (χ1) is 8.70. The fourth-order valence-electron chi connectivity index (χ4n) is 1.76. The number of rotatable bonds is 4. The van der Waals surface area contributed by atoms with E-state index in [9.17, 15) is 9.59 Å². The third-order valence-corrected chi connectivity index (χ3v) is 2.63. The smallest absolute Gasteiger partial charge is 0.271 e. The Morgan fingerprint density at radius 3 is 3.17 bits per heavy atom. The molecule has 1 aliphatic rings. The van der Waals surface area contributed by atoms with E-state index >= 15 is 0 Å². The van der Waals surface area contributed by atoms with E-state index < -0.39 is 0 Å². The second kappa shape index (κ2) is 5.74. The molecule has 0 unspecified atom stereocenters. The summed E-state index contributed by atoms with van der Waals surface area (Å²) < 4.78 is 10.7. The zero-order valence-corrected chi connectivity index (χ0v) is 10.0. The largest absolute Gasteiger partial charge is 0.376 e. The number of nitrogens with zero attached hydrogens (tertiary/aromatic N) is 1. The highest BCUT2D eigenvalue weighted by molar-refractivity contribution is 5.92. The fourth-order valence-corrected chi connectivity index (χ4v) is 1.76. The van der Waals surface area contributed by atoms with E-state index in [1.807, 2.05) is 6.92 Å². The number of ether oxygens (including phenoxy) is 2. The van der Waals surface area contributed by atoms with E-state index in [1.54, 1.807) is 0 Å². The third-order valence-electron chi connectivity index (χ3n) is 2.63. The van der Waals surface area contributed by atoms with Crippen LogP contribution in [0.5, 0.6) is 0 Å². The highest BCUT2D eigenvalue weighted by Crippen LogP contribution is 2.10. The van der Waals surface area contributed by atoms with Crippen molar-refractivity contribution in [3.05, 3.63) is 28.4 Å². The first kappa shape index (κ1) is 12.7. The molecule has 0 aromatic carbocycles. The van der Waals surface area contributed by atoms with Gasteiger partial charge < -0.3 is 19.8 Å². The Hall–Kier alpha value is -1.73. The molecule has 2 N–H and O–H groups in total. The van der Waals surface area contributed by atoms with E-state index in [1.165, 1.54) is 6.20 Å². The molecule has 1 aliphatic heterocycles. The summed E-state index contributed by atoms with van der Waals surface area (Å²) in [7, 11) is 0. The van der Waals surface area contributed by atoms with Crippen LogP contribution in [0.15, 0.2) is 17.2 Å². The second-order valence-electron chi connectivity index (χ2n) is 3.91. The molecule has 0 bridgehead atoms. The molecule has 7 heteroatoms. The maximum atomic E-state index is 11.9. The van der Waals surface area contributed by atoms with Crippen molar-refractivity contribution in [2.45, 2.75) is 19.1 Å². The molecule has 0 aliphatic carbocycles. The van der Waals surface area contributed by atoms with Crippen molar-refractivity contribution >= 4 is 5.91 Å². The lowest BCUT2D eigenvalue weighted by Gasteiger charge is -2.18. The molecule has 98 valence electrons. The average Bonchev–Trinajstić information content (AvgIpc) is 2.78. The van der Waals surface area contributed by atoms with Crippen LogP contribution in [0.2, 0.25) is 0 Å². The Bertz CT molecular complexity index is 453. The molecule has 1 saturated heterocycles. The molecule has 0 saturated carbocycles. The Morgan fingerprint density at radius 1 is 1.67 bits per heavy atom. The van der Waals surface area contributed by atoms with Crippen LogP contribution in [0.4, 0.5) is 0 Å². The summed E-state index contributed by atoms with van der Waals surface area (Å²) in [4.78, 5) is 28.8. The van der Waals surface area contributed by atoms with E-state index in [4.69, 9.17) is 9.47 Å². The number of nitrogens with one attached hydrogen (secondary N) is 2. The minimum atomic E-state index is -0.355. The van der Waals surface area contributed by atoms with E-state index in [0.717, 1.165) is 6.20 Å². The predicted molar refractivity (Wildman–Crippen MR) is 62.3 cm³/mol. The number of hydrogen-bond acceptors (Lipinski definition) is 5. The topological polar surface area (TPSA) is 93.3 Å². The molecule has 7 nitrogen and oxygen atoms in total. The number of aromatic amines is 1. The first-order valence-corrected chi connectivity index (χ1v) is 5.75. The maximum absolute atomic E-state index is 11.9. The van der Waals surface area contributed by atoms with Gasteiger partial charge in [0.05, 0.1) is 25.5 Å². The number of H-pyrrole nitrogens is 1. The van der Waals surface area contributed by atoms with Crippen LogP contribution in [-0.4, -0.2) is 47.8 Å². The Kier molecular flexibility index (Phi) is 4.06. The van der Waals surface area contributed by atoms with Gasteiger partial charge in [0, 0.05) is 12.8 Å². The summed E-state index contributed by atoms with van der Waals surface area (Å²) in [5.41, 5.74) is -0.181. The molecule has 1 fully saturated rings. The van der Waals surface area contributed by atoms with E-state index in [-0.39, 0.29) is 29.3 Å². The van der Waals surface area contributed by atoms with Crippen molar-refractivity contribution < 1.29 is 14.3 Å². The van der Waals surface area contributed by atoms with Crippen molar-refractivity contribution in [2.75, 3.05) is 19.8 Å². The Morgan fingerprint density at radius 2 is 2.50 bits per heavy atom. The number of hydrogen-bond donors (Lipinski definition) is 2. The van der Waals surface area contributed by atoms with Gasteiger partial charge in [0.2, 0.25) is 0 Å². The van der Waals surface area contributed by atoms with Gasteiger partial charge in [-0.15, -0.1) is 0 Å². The van der Waals surface area contributed by atoms with Gasteiger partial charge in [-0.1, -0.05) is 0 Å². The van der Waals surface area contributed by atoms with Crippen molar-refractivity contribution in [3.8, 4) is 0 Å². The quantitative estimate of drug-likeness (QED) is 0.740. The van der Waals surface area contributed by atoms with Gasteiger partial charge >= 0.3 is 0 Å². The predicted octanol–water partition coefficient (Wildman–Crippen LogP) is -0.696. The van der Waals surface area contributed by atoms with Crippen LogP contribution in [0.3, 0.4) is 0 Å². The molecule has 18 heavy (non-hydrogen) atoms. The van der Waals surface area contributed by atoms with Crippen molar-refractivity contribution in [1.29, 1.82) is 0 Å². The summed E-state index contributed by atoms with van der Waals surface area (Å²) >= 11 is 0. The second-order valence-corrected chi connectivity index (χ2v) is 3.91. The number of carbonyl (C=O) groups excluding carboxylic acids is 1. The fraction of sp³-hybridized carbons (Fsp3) is 0.545. The number of amides is 1. The van der Waals surface area contributed by atoms with Crippen LogP contribution in [0, 0.1) is 0 Å². The number of carbonyl (C=O) groups is 1. The van der Waals surface area contributed by atoms with Gasteiger partial charge in [0.1, 0.15) is 11.8 Å². The number of aromatic nitrogens is 2. The van der Waals surface area contributed by atoms with E-state index in [0.29, 0.717) is 19.8 Å². The van der Waals surface area contributed by atoms with Crippen molar-refractivity contribution in [3.63, 3.8) is 0 Å². The lowest BCUT2D eigenvalue weighted by atomic mass is 10.2. The highest BCUT2D eigenvalue weighted by Gasteiger charge is 2.30.